The topological polar surface area (TPSA) is 60.5 Å². The highest BCUT2D eigenvalue weighted by Gasteiger charge is 2.11. The van der Waals surface area contributed by atoms with E-state index in [1.54, 1.807) is 36.8 Å². The maximum absolute atomic E-state index is 12.3. The summed E-state index contributed by atoms with van der Waals surface area (Å²) < 4.78 is 10.8. The molecule has 27 heavy (non-hydrogen) atoms. The van der Waals surface area contributed by atoms with Crippen molar-refractivity contribution >= 4 is 28.8 Å². The highest BCUT2D eigenvalue weighted by Crippen LogP contribution is 2.18. The minimum atomic E-state index is -0.207. The van der Waals surface area contributed by atoms with Crippen molar-refractivity contribution in [2.45, 2.75) is 19.8 Å². The SMILES string of the molecule is COCc1cccc(CNC(=O)c2csc(COc3ccc(Cl)cc3)n2)c1. The number of methoxy groups -OCH3 is 1. The lowest BCUT2D eigenvalue weighted by molar-refractivity contribution is 0.0946. The summed E-state index contributed by atoms with van der Waals surface area (Å²) in [7, 11) is 1.66. The van der Waals surface area contributed by atoms with Crippen LogP contribution in [0.3, 0.4) is 0 Å². The predicted octanol–water partition coefficient (Wildman–Crippen LogP) is 4.45. The van der Waals surface area contributed by atoms with E-state index in [0.29, 0.717) is 36.2 Å². The number of nitrogens with zero attached hydrogens (tertiary/aromatic N) is 1. The van der Waals surface area contributed by atoms with E-state index in [-0.39, 0.29) is 5.91 Å². The van der Waals surface area contributed by atoms with Gasteiger partial charge in [0.2, 0.25) is 0 Å². The van der Waals surface area contributed by atoms with Crippen molar-refractivity contribution in [2.75, 3.05) is 7.11 Å². The van der Waals surface area contributed by atoms with E-state index in [9.17, 15) is 4.79 Å². The van der Waals surface area contributed by atoms with E-state index >= 15 is 0 Å². The summed E-state index contributed by atoms with van der Waals surface area (Å²) in [6, 6.07) is 15.0. The number of carbonyl (C=O) groups excluding carboxylic acids is 1. The van der Waals surface area contributed by atoms with Crippen LogP contribution in [0.5, 0.6) is 5.75 Å². The summed E-state index contributed by atoms with van der Waals surface area (Å²) in [6.07, 6.45) is 0. The van der Waals surface area contributed by atoms with Crippen LogP contribution in [0.25, 0.3) is 0 Å². The lowest BCUT2D eigenvalue weighted by atomic mass is 10.1. The predicted molar refractivity (Wildman–Crippen MR) is 106 cm³/mol. The fraction of sp³-hybridized carbons (Fsp3) is 0.200. The van der Waals surface area contributed by atoms with Gasteiger partial charge in [0.05, 0.1) is 6.61 Å². The van der Waals surface area contributed by atoms with Gasteiger partial charge in [0.15, 0.2) is 0 Å². The van der Waals surface area contributed by atoms with Crippen molar-refractivity contribution in [3.63, 3.8) is 0 Å². The molecular weight excluding hydrogens is 384 g/mol. The van der Waals surface area contributed by atoms with Crippen LogP contribution in [0.4, 0.5) is 0 Å². The van der Waals surface area contributed by atoms with E-state index in [1.807, 2.05) is 24.3 Å². The van der Waals surface area contributed by atoms with Gasteiger partial charge in [0, 0.05) is 24.1 Å². The first-order valence-electron chi connectivity index (χ1n) is 8.32. The third-order valence-corrected chi connectivity index (χ3v) is 4.79. The second kappa shape index (κ2) is 9.50. The molecule has 0 saturated carbocycles. The summed E-state index contributed by atoms with van der Waals surface area (Å²) in [5, 5.41) is 6.01. The van der Waals surface area contributed by atoms with Gasteiger partial charge in [-0.25, -0.2) is 4.98 Å². The molecule has 0 atom stereocenters. The molecule has 0 aliphatic carbocycles. The molecule has 7 heteroatoms. The highest BCUT2D eigenvalue weighted by molar-refractivity contribution is 7.09. The maximum Gasteiger partial charge on any atom is 0.271 e. The Morgan fingerprint density at radius 3 is 2.70 bits per heavy atom. The van der Waals surface area contributed by atoms with Crippen LogP contribution in [0.15, 0.2) is 53.9 Å². The van der Waals surface area contributed by atoms with E-state index in [4.69, 9.17) is 21.1 Å². The second-order valence-electron chi connectivity index (χ2n) is 5.80. The zero-order valence-corrected chi connectivity index (χ0v) is 16.3. The van der Waals surface area contributed by atoms with Gasteiger partial charge in [-0.15, -0.1) is 11.3 Å². The van der Waals surface area contributed by atoms with Gasteiger partial charge in [0.1, 0.15) is 23.1 Å². The first-order valence-corrected chi connectivity index (χ1v) is 9.57. The molecule has 0 saturated heterocycles. The molecule has 0 aliphatic heterocycles. The molecular formula is C20H19ClN2O3S. The van der Waals surface area contributed by atoms with Crippen LogP contribution in [0.1, 0.15) is 26.6 Å². The number of carbonyl (C=O) groups is 1. The Kier molecular flexibility index (Phi) is 6.81. The standard InChI is InChI=1S/C20H19ClN2O3S/c1-25-11-15-4-2-3-14(9-15)10-22-20(24)18-13-27-19(23-18)12-26-17-7-5-16(21)6-8-17/h2-9,13H,10-12H2,1H3,(H,22,24). The lowest BCUT2D eigenvalue weighted by Crippen LogP contribution is -2.23. The summed E-state index contributed by atoms with van der Waals surface area (Å²) >= 11 is 7.24. The van der Waals surface area contributed by atoms with Crippen LogP contribution < -0.4 is 10.1 Å². The molecule has 0 bridgehead atoms. The largest absolute Gasteiger partial charge is 0.486 e. The Hall–Kier alpha value is -2.41. The van der Waals surface area contributed by atoms with Crippen LogP contribution in [-0.4, -0.2) is 18.0 Å². The number of benzene rings is 2. The van der Waals surface area contributed by atoms with E-state index in [2.05, 4.69) is 10.3 Å². The minimum absolute atomic E-state index is 0.207. The van der Waals surface area contributed by atoms with E-state index < -0.39 is 0 Å². The number of rotatable bonds is 8. The molecule has 0 aliphatic rings. The number of nitrogens with one attached hydrogen (secondary N) is 1. The number of hydrogen-bond donors (Lipinski definition) is 1. The van der Waals surface area contributed by atoms with Gasteiger partial charge in [0.25, 0.3) is 5.91 Å². The lowest BCUT2D eigenvalue weighted by Gasteiger charge is -2.06. The van der Waals surface area contributed by atoms with Gasteiger partial charge in [-0.3, -0.25) is 4.79 Å². The van der Waals surface area contributed by atoms with Crippen molar-refractivity contribution in [3.8, 4) is 5.75 Å². The number of amides is 1. The Balaban J connectivity index is 1.52. The molecule has 1 heterocycles. The molecule has 1 amide bonds. The fourth-order valence-corrected chi connectivity index (χ4v) is 3.24. The smallest absolute Gasteiger partial charge is 0.271 e. The fourth-order valence-electron chi connectivity index (χ4n) is 2.43. The molecule has 0 unspecified atom stereocenters. The Labute approximate surface area is 166 Å². The van der Waals surface area contributed by atoms with Crippen LogP contribution >= 0.6 is 22.9 Å². The zero-order chi connectivity index (χ0) is 19.1. The minimum Gasteiger partial charge on any atom is -0.486 e. The molecule has 140 valence electrons. The van der Waals surface area contributed by atoms with Crippen molar-refractivity contribution in [1.29, 1.82) is 0 Å². The number of hydrogen-bond acceptors (Lipinski definition) is 5. The maximum atomic E-state index is 12.3. The molecule has 2 aromatic carbocycles. The van der Waals surface area contributed by atoms with Crippen molar-refractivity contribution in [3.05, 3.63) is 80.8 Å². The van der Waals surface area contributed by atoms with Crippen molar-refractivity contribution < 1.29 is 14.3 Å². The molecule has 0 fully saturated rings. The highest BCUT2D eigenvalue weighted by atomic mass is 35.5. The van der Waals surface area contributed by atoms with Crippen molar-refractivity contribution in [1.82, 2.24) is 10.3 Å². The summed E-state index contributed by atoms with van der Waals surface area (Å²) in [6.45, 7) is 1.29. The summed E-state index contributed by atoms with van der Waals surface area (Å²) in [4.78, 5) is 16.6. The van der Waals surface area contributed by atoms with Crippen LogP contribution in [0, 0.1) is 0 Å². The summed E-state index contributed by atoms with van der Waals surface area (Å²) in [5.41, 5.74) is 2.47. The van der Waals surface area contributed by atoms with Crippen LogP contribution in [0.2, 0.25) is 5.02 Å². The monoisotopic (exact) mass is 402 g/mol. The number of ether oxygens (including phenoxy) is 2. The average Bonchev–Trinajstić information content (AvgIpc) is 3.15. The first-order chi connectivity index (χ1) is 13.1. The number of aromatic nitrogens is 1. The summed E-state index contributed by atoms with van der Waals surface area (Å²) in [5.74, 6) is 0.498. The Morgan fingerprint density at radius 2 is 1.93 bits per heavy atom. The van der Waals surface area contributed by atoms with Crippen LogP contribution in [-0.2, 0) is 24.5 Å². The third-order valence-electron chi connectivity index (χ3n) is 3.72. The van der Waals surface area contributed by atoms with Gasteiger partial charge in [-0.1, -0.05) is 35.9 Å². The molecule has 1 aromatic heterocycles. The average molecular weight is 403 g/mol. The Bertz CT molecular complexity index is 896. The van der Waals surface area contributed by atoms with E-state index in [1.165, 1.54) is 11.3 Å². The molecule has 1 N–H and O–H groups in total. The van der Waals surface area contributed by atoms with Gasteiger partial charge in [-0.05, 0) is 35.4 Å². The molecule has 5 nitrogen and oxygen atoms in total. The molecule has 0 spiro atoms. The van der Waals surface area contributed by atoms with Crippen molar-refractivity contribution in [2.24, 2.45) is 0 Å². The van der Waals surface area contributed by atoms with Gasteiger partial charge in [-0.2, -0.15) is 0 Å². The molecule has 3 aromatic rings. The Morgan fingerprint density at radius 1 is 1.15 bits per heavy atom. The third kappa shape index (κ3) is 5.79. The molecule has 3 rings (SSSR count). The normalized spacial score (nSPS) is 10.6. The van der Waals surface area contributed by atoms with Gasteiger partial charge >= 0.3 is 0 Å². The van der Waals surface area contributed by atoms with E-state index in [0.717, 1.165) is 16.1 Å². The van der Waals surface area contributed by atoms with Gasteiger partial charge < -0.3 is 14.8 Å². The molecule has 0 radical (unpaired) electrons. The number of halogens is 1. The zero-order valence-electron chi connectivity index (χ0n) is 14.8. The number of thiazole rings is 1. The quantitative estimate of drug-likeness (QED) is 0.604. The second-order valence-corrected chi connectivity index (χ2v) is 7.18. The first kappa shape index (κ1) is 19.4.